The summed E-state index contributed by atoms with van der Waals surface area (Å²) in [4.78, 5) is 0. The number of rotatable bonds is 4. The van der Waals surface area contributed by atoms with Crippen molar-refractivity contribution in [2.24, 2.45) is 0 Å². The SMILES string of the molecule is Clc1ccc(-n2cc(CNC3CCCCC3)nn2)cc1. The average molecular weight is 291 g/mol. The van der Waals surface area contributed by atoms with E-state index in [1.54, 1.807) is 4.68 Å². The van der Waals surface area contributed by atoms with Crippen LogP contribution in [-0.4, -0.2) is 21.0 Å². The molecule has 1 aliphatic carbocycles. The topological polar surface area (TPSA) is 42.7 Å². The summed E-state index contributed by atoms with van der Waals surface area (Å²) in [5.74, 6) is 0. The standard InChI is InChI=1S/C15H19ClN4/c16-12-6-8-15(9-7-12)20-11-14(18-19-20)10-17-13-4-2-1-3-5-13/h6-9,11,13,17H,1-5,10H2. The molecule has 1 N–H and O–H groups in total. The van der Waals surface area contributed by atoms with E-state index in [4.69, 9.17) is 11.6 Å². The molecule has 0 saturated heterocycles. The van der Waals surface area contributed by atoms with Crippen LogP contribution >= 0.6 is 11.6 Å². The van der Waals surface area contributed by atoms with Gasteiger partial charge in [-0.15, -0.1) is 5.10 Å². The minimum absolute atomic E-state index is 0.643. The van der Waals surface area contributed by atoms with Crippen molar-refractivity contribution < 1.29 is 0 Å². The van der Waals surface area contributed by atoms with Gasteiger partial charge in [-0.2, -0.15) is 0 Å². The van der Waals surface area contributed by atoms with E-state index in [0.717, 1.165) is 22.9 Å². The highest BCUT2D eigenvalue weighted by Gasteiger charge is 2.13. The molecular weight excluding hydrogens is 272 g/mol. The number of nitrogens with one attached hydrogen (secondary N) is 1. The van der Waals surface area contributed by atoms with Crippen LogP contribution in [0.15, 0.2) is 30.5 Å². The van der Waals surface area contributed by atoms with Gasteiger partial charge in [0.25, 0.3) is 0 Å². The number of nitrogens with zero attached hydrogens (tertiary/aromatic N) is 3. The Hall–Kier alpha value is -1.39. The molecule has 0 aliphatic heterocycles. The maximum absolute atomic E-state index is 5.88. The first kappa shape index (κ1) is 13.6. The molecule has 0 spiro atoms. The van der Waals surface area contributed by atoms with E-state index in [0.29, 0.717) is 6.04 Å². The molecule has 4 nitrogen and oxygen atoms in total. The normalized spacial score (nSPS) is 16.4. The van der Waals surface area contributed by atoms with Gasteiger partial charge >= 0.3 is 0 Å². The van der Waals surface area contributed by atoms with E-state index in [-0.39, 0.29) is 0 Å². The molecule has 20 heavy (non-hydrogen) atoms. The van der Waals surface area contributed by atoms with Gasteiger partial charge in [0.05, 0.1) is 17.6 Å². The van der Waals surface area contributed by atoms with Gasteiger partial charge in [-0.25, -0.2) is 4.68 Å². The largest absolute Gasteiger partial charge is 0.308 e. The van der Waals surface area contributed by atoms with Crippen LogP contribution in [0.1, 0.15) is 37.8 Å². The van der Waals surface area contributed by atoms with Crippen molar-refractivity contribution in [2.45, 2.75) is 44.7 Å². The number of hydrogen-bond acceptors (Lipinski definition) is 3. The Kier molecular flexibility index (Phi) is 4.33. The second-order valence-electron chi connectivity index (χ2n) is 5.35. The maximum Gasteiger partial charge on any atom is 0.0969 e. The molecule has 5 heteroatoms. The Morgan fingerprint density at radius 3 is 2.65 bits per heavy atom. The fourth-order valence-corrected chi connectivity index (χ4v) is 2.78. The molecule has 2 aromatic rings. The first-order valence-corrected chi connectivity index (χ1v) is 7.59. The second-order valence-corrected chi connectivity index (χ2v) is 5.78. The van der Waals surface area contributed by atoms with Crippen molar-refractivity contribution in [1.82, 2.24) is 20.3 Å². The molecule has 0 amide bonds. The van der Waals surface area contributed by atoms with Crippen LogP contribution in [0.2, 0.25) is 5.02 Å². The molecular formula is C15H19ClN4. The highest BCUT2D eigenvalue weighted by atomic mass is 35.5. The Morgan fingerprint density at radius 1 is 1.15 bits per heavy atom. The van der Waals surface area contributed by atoms with Crippen molar-refractivity contribution >= 4 is 11.6 Å². The molecule has 1 fully saturated rings. The quantitative estimate of drug-likeness (QED) is 0.939. The van der Waals surface area contributed by atoms with Crippen LogP contribution < -0.4 is 5.32 Å². The predicted octanol–water partition coefficient (Wildman–Crippen LogP) is 3.34. The minimum Gasteiger partial charge on any atom is -0.308 e. The van der Waals surface area contributed by atoms with Gasteiger partial charge in [0.2, 0.25) is 0 Å². The van der Waals surface area contributed by atoms with Gasteiger partial charge in [0, 0.05) is 17.6 Å². The first-order chi connectivity index (χ1) is 9.81. The number of hydrogen-bond donors (Lipinski definition) is 1. The van der Waals surface area contributed by atoms with Gasteiger partial charge in [0.15, 0.2) is 0 Å². The first-order valence-electron chi connectivity index (χ1n) is 7.22. The Bertz CT molecular complexity index is 543. The minimum atomic E-state index is 0.643. The lowest BCUT2D eigenvalue weighted by molar-refractivity contribution is 0.371. The van der Waals surface area contributed by atoms with E-state index in [1.807, 2.05) is 30.5 Å². The third-order valence-electron chi connectivity index (χ3n) is 3.81. The molecule has 1 saturated carbocycles. The zero-order valence-electron chi connectivity index (χ0n) is 11.4. The summed E-state index contributed by atoms with van der Waals surface area (Å²) in [7, 11) is 0. The summed E-state index contributed by atoms with van der Waals surface area (Å²) in [5, 5.41) is 12.7. The molecule has 1 heterocycles. The summed E-state index contributed by atoms with van der Waals surface area (Å²) >= 11 is 5.88. The van der Waals surface area contributed by atoms with Crippen LogP contribution in [-0.2, 0) is 6.54 Å². The highest BCUT2D eigenvalue weighted by molar-refractivity contribution is 6.30. The zero-order valence-corrected chi connectivity index (χ0v) is 12.2. The maximum atomic E-state index is 5.88. The predicted molar refractivity (Wildman–Crippen MR) is 80.1 cm³/mol. The molecule has 3 rings (SSSR count). The lowest BCUT2D eigenvalue weighted by atomic mass is 9.95. The summed E-state index contributed by atoms with van der Waals surface area (Å²) in [6.45, 7) is 0.790. The Balaban J connectivity index is 1.60. The Labute approximate surface area is 124 Å². The van der Waals surface area contributed by atoms with Gasteiger partial charge in [-0.05, 0) is 37.1 Å². The molecule has 1 aromatic heterocycles. The van der Waals surface area contributed by atoms with Crippen molar-refractivity contribution in [3.8, 4) is 5.69 Å². The summed E-state index contributed by atoms with van der Waals surface area (Å²) in [6.07, 6.45) is 8.60. The van der Waals surface area contributed by atoms with Crippen LogP contribution in [0.25, 0.3) is 5.69 Å². The fourth-order valence-electron chi connectivity index (χ4n) is 2.66. The van der Waals surface area contributed by atoms with E-state index in [9.17, 15) is 0 Å². The molecule has 106 valence electrons. The van der Waals surface area contributed by atoms with Crippen molar-refractivity contribution in [3.63, 3.8) is 0 Å². The smallest absolute Gasteiger partial charge is 0.0969 e. The molecule has 0 atom stereocenters. The fraction of sp³-hybridized carbons (Fsp3) is 0.467. The van der Waals surface area contributed by atoms with Gasteiger partial charge in [0.1, 0.15) is 0 Å². The monoisotopic (exact) mass is 290 g/mol. The van der Waals surface area contributed by atoms with Gasteiger partial charge in [-0.3, -0.25) is 0 Å². The van der Waals surface area contributed by atoms with Gasteiger partial charge in [-0.1, -0.05) is 36.1 Å². The van der Waals surface area contributed by atoms with Gasteiger partial charge < -0.3 is 5.32 Å². The Morgan fingerprint density at radius 2 is 1.90 bits per heavy atom. The molecule has 0 radical (unpaired) electrons. The zero-order chi connectivity index (χ0) is 13.8. The summed E-state index contributed by atoms with van der Waals surface area (Å²) in [6, 6.07) is 8.24. The lowest BCUT2D eigenvalue weighted by Gasteiger charge is -2.22. The van der Waals surface area contributed by atoms with Crippen molar-refractivity contribution in [2.75, 3.05) is 0 Å². The third-order valence-corrected chi connectivity index (χ3v) is 4.06. The van der Waals surface area contributed by atoms with Crippen LogP contribution in [0.3, 0.4) is 0 Å². The molecule has 0 unspecified atom stereocenters. The van der Waals surface area contributed by atoms with Crippen molar-refractivity contribution in [1.29, 1.82) is 0 Å². The summed E-state index contributed by atoms with van der Waals surface area (Å²) in [5.41, 5.74) is 1.95. The van der Waals surface area contributed by atoms with Crippen LogP contribution in [0, 0.1) is 0 Å². The van der Waals surface area contributed by atoms with E-state index >= 15 is 0 Å². The molecule has 1 aliphatic rings. The second kappa shape index (κ2) is 6.37. The number of aromatic nitrogens is 3. The number of halogens is 1. The highest BCUT2D eigenvalue weighted by Crippen LogP contribution is 2.18. The van der Waals surface area contributed by atoms with E-state index < -0.39 is 0 Å². The van der Waals surface area contributed by atoms with E-state index in [2.05, 4.69) is 15.6 Å². The average Bonchev–Trinajstić information content (AvgIpc) is 2.96. The molecule has 1 aromatic carbocycles. The van der Waals surface area contributed by atoms with Crippen LogP contribution in [0.5, 0.6) is 0 Å². The van der Waals surface area contributed by atoms with E-state index in [1.165, 1.54) is 32.1 Å². The van der Waals surface area contributed by atoms with Crippen molar-refractivity contribution in [3.05, 3.63) is 41.2 Å². The van der Waals surface area contributed by atoms with Crippen LogP contribution in [0.4, 0.5) is 0 Å². The third kappa shape index (κ3) is 3.38. The number of benzene rings is 1. The molecule has 0 bridgehead atoms. The summed E-state index contributed by atoms with van der Waals surface area (Å²) < 4.78 is 1.79. The lowest BCUT2D eigenvalue weighted by Crippen LogP contribution is -2.30.